The van der Waals surface area contributed by atoms with Gasteiger partial charge in [0.2, 0.25) is 5.91 Å². The maximum absolute atomic E-state index is 11.6. The highest BCUT2D eigenvalue weighted by molar-refractivity contribution is 7.99. The zero-order valence-electron chi connectivity index (χ0n) is 10.00. The van der Waals surface area contributed by atoms with E-state index >= 15 is 0 Å². The zero-order valence-corrected chi connectivity index (χ0v) is 10.8. The Hall–Kier alpha value is -0.220. The van der Waals surface area contributed by atoms with Crippen LogP contribution in [0.15, 0.2) is 0 Å². The number of nitrogens with zero attached hydrogens (tertiary/aromatic N) is 1. The minimum Gasteiger partial charge on any atom is -0.343 e. The molecule has 0 rings (SSSR count). The number of thioether (sulfide) groups is 1. The van der Waals surface area contributed by atoms with Crippen molar-refractivity contribution < 1.29 is 4.79 Å². The van der Waals surface area contributed by atoms with Crippen LogP contribution in [0.5, 0.6) is 0 Å². The molecule has 0 aromatic carbocycles. The summed E-state index contributed by atoms with van der Waals surface area (Å²) in [6.45, 7) is 6.48. The molecule has 15 heavy (non-hydrogen) atoms. The first-order chi connectivity index (χ1) is 7.26. The van der Waals surface area contributed by atoms with E-state index in [4.69, 9.17) is 5.73 Å². The van der Waals surface area contributed by atoms with Crippen LogP contribution in [0.25, 0.3) is 0 Å². The van der Waals surface area contributed by atoms with Gasteiger partial charge in [-0.2, -0.15) is 11.8 Å². The van der Waals surface area contributed by atoms with E-state index in [0.29, 0.717) is 12.3 Å². The van der Waals surface area contributed by atoms with Gasteiger partial charge in [-0.1, -0.05) is 0 Å². The second-order valence-electron chi connectivity index (χ2n) is 3.42. The predicted octanol–water partition coefficient (Wildman–Crippen LogP) is 1.72. The molecule has 0 bridgehead atoms. The topological polar surface area (TPSA) is 46.3 Å². The molecule has 0 saturated carbocycles. The summed E-state index contributed by atoms with van der Waals surface area (Å²) in [5.41, 5.74) is 5.39. The molecule has 1 amide bonds. The Morgan fingerprint density at radius 3 is 2.33 bits per heavy atom. The van der Waals surface area contributed by atoms with Crippen LogP contribution in [0.4, 0.5) is 0 Å². The van der Waals surface area contributed by atoms with E-state index in [-0.39, 0.29) is 0 Å². The van der Waals surface area contributed by atoms with Crippen LogP contribution in [0.2, 0.25) is 0 Å². The largest absolute Gasteiger partial charge is 0.343 e. The second-order valence-corrected chi connectivity index (χ2v) is 4.65. The molecule has 0 aliphatic carbocycles. The molecule has 0 aromatic heterocycles. The average molecular weight is 232 g/mol. The summed E-state index contributed by atoms with van der Waals surface area (Å²) in [4.78, 5) is 13.5. The number of hydrogen-bond donors (Lipinski definition) is 1. The molecule has 0 saturated heterocycles. The monoisotopic (exact) mass is 232 g/mol. The fraction of sp³-hybridized carbons (Fsp3) is 0.909. The van der Waals surface area contributed by atoms with Crippen LogP contribution in [0, 0.1) is 0 Å². The Bertz CT molecular complexity index is 161. The molecule has 0 fully saturated rings. The van der Waals surface area contributed by atoms with Crippen LogP contribution in [0.3, 0.4) is 0 Å². The van der Waals surface area contributed by atoms with Crippen molar-refractivity contribution in [1.82, 2.24) is 4.90 Å². The molecule has 0 unspecified atom stereocenters. The lowest BCUT2D eigenvalue weighted by molar-refractivity contribution is -0.130. The van der Waals surface area contributed by atoms with Crippen molar-refractivity contribution in [2.75, 3.05) is 31.1 Å². The zero-order chi connectivity index (χ0) is 11.5. The third-order valence-corrected chi connectivity index (χ3v) is 3.44. The molecule has 0 aliphatic heterocycles. The third-order valence-electron chi connectivity index (χ3n) is 2.29. The van der Waals surface area contributed by atoms with E-state index in [1.54, 1.807) is 0 Å². The lowest BCUT2D eigenvalue weighted by Gasteiger charge is -2.18. The van der Waals surface area contributed by atoms with Gasteiger partial charge >= 0.3 is 0 Å². The molecule has 4 heteroatoms. The van der Waals surface area contributed by atoms with Crippen LogP contribution in [-0.2, 0) is 4.79 Å². The molecular formula is C11H24N2OS. The average Bonchev–Trinajstić information content (AvgIpc) is 2.25. The lowest BCUT2D eigenvalue weighted by atomic mass is 10.3. The Labute approximate surface area is 97.8 Å². The number of rotatable bonds is 9. The first-order valence-electron chi connectivity index (χ1n) is 5.81. The first-order valence-corrected chi connectivity index (χ1v) is 6.97. The fourth-order valence-electron chi connectivity index (χ4n) is 1.35. The minimum absolute atomic E-state index is 0.291. The Morgan fingerprint density at radius 2 is 1.80 bits per heavy atom. The van der Waals surface area contributed by atoms with Crippen molar-refractivity contribution in [3.05, 3.63) is 0 Å². The molecule has 0 atom stereocenters. The maximum Gasteiger partial charge on any atom is 0.222 e. The molecule has 0 aliphatic rings. The molecule has 90 valence electrons. The van der Waals surface area contributed by atoms with Gasteiger partial charge in [-0.15, -0.1) is 0 Å². The highest BCUT2D eigenvalue weighted by Crippen LogP contribution is 2.07. The quantitative estimate of drug-likeness (QED) is 0.616. The fourth-order valence-corrected chi connectivity index (χ4v) is 2.27. The summed E-state index contributed by atoms with van der Waals surface area (Å²) in [6, 6.07) is 0. The SMILES string of the molecule is CCN(CC)C(=O)CCCSCCCN. The Morgan fingerprint density at radius 1 is 1.20 bits per heavy atom. The highest BCUT2D eigenvalue weighted by Gasteiger charge is 2.07. The van der Waals surface area contributed by atoms with Crippen molar-refractivity contribution in [3.8, 4) is 0 Å². The molecule has 3 nitrogen and oxygen atoms in total. The number of hydrogen-bond acceptors (Lipinski definition) is 3. The smallest absolute Gasteiger partial charge is 0.222 e. The van der Waals surface area contributed by atoms with Crippen molar-refractivity contribution >= 4 is 17.7 Å². The second kappa shape index (κ2) is 10.3. The number of carbonyl (C=O) groups is 1. The van der Waals surface area contributed by atoms with E-state index in [0.717, 1.165) is 44.0 Å². The van der Waals surface area contributed by atoms with Gasteiger partial charge in [0.15, 0.2) is 0 Å². The van der Waals surface area contributed by atoms with Gasteiger partial charge in [0.25, 0.3) is 0 Å². The van der Waals surface area contributed by atoms with E-state index in [1.807, 2.05) is 30.5 Å². The van der Waals surface area contributed by atoms with Gasteiger partial charge in [-0.05, 0) is 44.7 Å². The third kappa shape index (κ3) is 7.68. The van der Waals surface area contributed by atoms with Crippen molar-refractivity contribution in [2.45, 2.75) is 33.1 Å². The van der Waals surface area contributed by atoms with Crippen LogP contribution in [0.1, 0.15) is 33.1 Å². The van der Waals surface area contributed by atoms with Gasteiger partial charge in [-0.25, -0.2) is 0 Å². The van der Waals surface area contributed by atoms with Gasteiger partial charge < -0.3 is 10.6 Å². The van der Waals surface area contributed by atoms with Gasteiger partial charge in [-0.3, -0.25) is 4.79 Å². The summed E-state index contributed by atoms with van der Waals surface area (Å²) in [5.74, 6) is 2.49. The minimum atomic E-state index is 0.291. The number of carbonyl (C=O) groups excluding carboxylic acids is 1. The Kier molecular flexibility index (Phi) is 10.2. The molecule has 0 radical (unpaired) electrons. The normalized spacial score (nSPS) is 10.3. The molecular weight excluding hydrogens is 208 g/mol. The summed E-state index contributed by atoms with van der Waals surface area (Å²) >= 11 is 1.90. The van der Waals surface area contributed by atoms with Crippen molar-refractivity contribution in [3.63, 3.8) is 0 Å². The molecule has 0 heterocycles. The van der Waals surface area contributed by atoms with Crippen molar-refractivity contribution in [1.29, 1.82) is 0 Å². The standard InChI is InChI=1S/C11H24N2OS/c1-3-13(4-2)11(14)7-5-9-15-10-6-8-12/h3-10,12H2,1-2H3. The van der Waals surface area contributed by atoms with Crippen LogP contribution in [-0.4, -0.2) is 41.9 Å². The van der Waals surface area contributed by atoms with Crippen LogP contribution < -0.4 is 5.73 Å². The number of nitrogens with two attached hydrogens (primary N) is 1. The van der Waals surface area contributed by atoms with Gasteiger partial charge in [0, 0.05) is 19.5 Å². The van der Waals surface area contributed by atoms with Gasteiger partial charge in [0.05, 0.1) is 0 Å². The first kappa shape index (κ1) is 14.8. The molecule has 2 N–H and O–H groups in total. The lowest BCUT2D eigenvalue weighted by Crippen LogP contribution is -2.30. The van der Waals surface area contributed by atoms with E-state index in [9.17, 15) is 4.79 Å². The van der Waals surface area contributed by atoms with Crippen molar-refractivity contribution in [2.24, 2.45) is 5.73 Å². The highest BCUT2D eigenvalue weighted by atomic mass is 32.2. The summed E-state index contributed by atoms with van der Waals surface area (Å²) in [5, 5.41) is 0. The van der Waals surface area contributed by atoms with E-state index < -0.39 is 0 Å². The summed E-state index contributed by atoms with van der Waals surface area (Å²) in [7, 11) is 0. The molecule has 0 aromatic rings. The summed E-state index contributed by atoms with van der Waals surface area (Å²) in [6.07, 6.45) is 2.76. The van der Waals surface area contributed by atoms with Crippen LogP contribution >= 0.6 is 11.8 Å². The molecule has 0 spiro atoms. The predicted molar refractivity (Wildman–Crippen MR) is 68.2 cm³/mol. The summed E-state index contributed by atoms with van der Waals surface area (Å²) < 4.78 is 0. The maximum atomic E-state index is 11.6. The van der Waals surface area contributed by atoms with E-state index in [2.05, 4.69) is 0 Å². The Balaban J connectivity index is 3.38. The van der Waals surface area contributed by atoms with E-state index in [1.165, 1.54) is 0 Å². The number of amides is 1. The van der Waals surface area contributed by atoms with Gasteiger partial charge in [0.1, 0.15) is 0 Å².